The minimum Gasteiger partial charge on any atom is -0.338 e. The van der Waals surface area contributed by atoms with E-state index in [1.165, 1.54) is 0 Å². The topological polar surface area (TPSA) is 54.4 Å². The number of nitrogens with zero attached hydrogens (tertiary/aromatic N) is 2. The Balaban J connectivity index is 2.53. The molecule has 0 saturated carbocycles. The predicted octanol–water partition coefficient (Wildman–Crippen LogP) is 2.22. The second-order valence-corrected chi connectivity index (χ2v) is 3.65. The summed E-state index contributed by atoms with van der Waals surface area (Å²) in [6.45, 7) is 3.72. The summed E-state index contributed by atoms with van der Waals surface area (Å²) < 4.78 is 0. The van der Waals surface area contributed by atoms with Gasteiger partial charge in [0.15, 0.2) is 5.78 Å². The quantitative estimate of drug-likeness (QED) is 0.788. The number of rotatable bonds is 2. The van der Waals surface area contributed by atoms with Crippen LogP contribution in [0.25, 0.3) is 0 Å². The summed E-state index contributed by atoms with van der Waals surface area (Å²) >= 11 is 0. The molecule has 1 aliphatic rings. The first-order chi connectivity index (χ1) is 8.26. The molecule has 4 heteroatoms. The maximum Gasteiger partial charge on any atom is 0.171 e. The number of hydrogen-bond acceptors (Lipinski definition) is 4. The standard InChI is InChI=1S/C13H13N3O/c1-3-9-7-12(17)10-5-4-6-15-13(10)16-11(9)8-14-2/h3-6,8H,1,7H2,2H3,(H,15,16). The summed E-state index contributed by atoms with van der Waals surface area (Å²) in [7, 11) is 1.68. The zero-order valence-electron chi connectivity index (χ0n) is 9.60. The number of nitrogens with one attached hydrogen (secondary N) is 1. The number of allylic oxidation sites excluding steroid dienone is 3. The average molecular weight is 227 g/mol. The average Bonchev–Trinajstić information content (AvgIpc) is 2.48. The van der Waals surface area contributed by atoms with Crippen LogP contribution in [0.3, 0.4) is 0 Å². The largest absolute Gasteiger partial charge is 0.338 e. The second-order valence-electron chi connectivity index (χ2n) is 3.65. The number of pyridine rings is 1. The Hall–Kier alpha value is -2.23. The van der Waals surface area contributed by atoms with Crippen molar-refractivity contribution in [2.75, 3.05) is 12.4 Å². The molecule has 0 aromatic carbocycles. The number of aliphatic imine (C=N–C) groups is 1. The molecule has 4 nitrogen and oxygen atoms in total. The zero-order valence-corrected chi connectivity index (χ0v) is 9.60. The molecule has 0 saturated heterocycles. The number of carbonyl (C=O) groups excluding carboxylic acids is 1. The van der Waals surface area contributed by atoms with Crippen LogP contribution in [0.15, 0.2) is 47.2 Å². The van der Waals surface area contributed by atoms with Crippen molar-refractivity contribution < 1.29 is 4.79 Å². The first kappa shape index (κ1) is 11.3. The van der Waals surface area contributed by atoms with Gasteiger partial charge in [-0.3, -0.25) is 9.79 Å². The number of aromatic nitrogens is 1. The Kier molecular flexibility index (Phi) is 3.14. The molecule has 0 unspecified atom stereocenters. The number of anilines is 1. The highest BCUT2D eigenvalue weighted by Crippen LogP contribution is 2.24. The van der Waals surface area contributed by atoms with Gasteiger partial charge >= 0.3 is 0 Å². The van der Waals surface area contributed by atoms with Gasteiger partial charge in [0.25, 0.3) is 0 Å². The molecule has 0 aliphatic carbocycles. The minimum absolute atomic E-state index is 0.0370. The van der Waals surface area contributed by atoms with Crippen molar-refractivity contribution in [3.63, 3.8) is 0 Å². The monoisotopic (exact) mass is 227 g/mol. The van der Waals surface area contributed by atoms with Crippen LogP contribution in [0.2, 0.25) is 0 Å². The predicted molar refractivity (Wildman–Crippen MR) is 68.4 cm³/mol. The van der Waals surface area contributed by atoms with Crippen molar-refractivity contribution in [1.29, 1.82) is 0 Å². The van der Waals surface area contributed by atoms with E-state index < -0.39 is 0 Å². The molecule has 1 N–H and O–H groups in total. The van der Waals surface area contributed by atoms with Gasteiger partial charge in [-0.2, -0.15) is 0 Å². The van der Waals surface area contributed by atoms with Gasteiger partial charge in [0.2, 0.25) is 0 Å². The van der Waals surface area contributed by atoms with Crippen molar-refractivity contribution in [2.24, 2.45) is 4.99 Å². The first-order valence-electron chi connectivity index (χ1n) is 5.29. The van der Waals surface area contributed by atoms with Crippen LogP contribution >= 0.6 is 0 Å². The fourth-order valence-electron chi connectivity index (χ4n) is 1.73. The smallest absolute Gasteiger partial charge is 0.171 e. The van der Waals surface area contributed by atoms with Crippen molar-refractivity contribution in [3.05, 3.63) is 47.8 Å². The van der Waals surface area contributed by atoms with E-state index in [1.54, 1.807) is 37.7 Å². The lowest BCUT2D eigenvalue weighted by Gasteiger charge is -2.06. The maximum atomic E-state index is 12.0. The Morgan fingerprint density at radius 1 is 1.59 bits per heavy atom. The molecule has 86 valence electrons. The van der Waals surface area contributed by atoms with E-state index in [2.05, 4.69) is 21.9 Å². The highest BCUT2D eigenvalue weighted by atomic mass is 16.1. The summed E-state index contributed by atoms with van der Waals surface area (Å²) in [6, 6.07) is 3.52. The minimum atomic E-state index is 0.0370. The summed E-state index contributed by atoms with van der Waals surface area (Å²) in [5.74, 6) is 0.610. The van der Waals surface area contributed by atoms with Crippen LogP contribution in [0, 0.1) is 0 Å². The summed E-state index contributed by atoms with van der Waals surface area (Å²) in [5.41, 5.74) is 2.21. The van der Waals surface area contributed by atoms with Crippen molar-refractivity contribution in [2.45, 2.75) is 6.42 Å². The molecule has 0 bridgehead atoms. The van der Waals surface area contributed by atoms with Crippen molar-refractivity contribution >= 4 is 17.8 Å². The van der Waals surface area contributed by atoms with E-state index in [9.17, 15) is 4.79 Å². The molecule has 2 rings (SSSR count). The van der Waals surface area contributed by atoms with Gasteiger partial charge in [-0.05, 0) is 17.7 Å². The van der Waals surface area contributed by atoms with Crippen LogP contribution in [0.5, 0.6) is 0 Å². The van der Waals surface area contributed by atoms with E-state index >= 15 is 0 Å². The maximum absolute atomic E-state index is 12.0. The Labute approximate surface area is 99.8 Å². The molecule has 1 aromatic heterocycles. The summed E-state index contributed by atoms with van der Waals surface area (Å²) in [6.07, 6.45) is 5.32. The third-order valence-electron chi connectivity index (χ3n) is 2.56. The molecule has 2 heterocycles. The fourth-order valence-corrected chi connectivity index (χ4v) is 1.73. The van der Waals surface area contributed by atoms with Crippen molar-refractivity contribution in [1.82, 2.24) is 4.98 Å². The van der Waals surface area contributed by atoms with Crippen LogP contribution in [-0.2, 0) is 0 Å². The van der Waals surface area contributed by atoms with E-state index in [0.29, 0.717) is 17.8 Å². The first-order valence-corrected chi connectivity index (χ1v) is 5.29. The van der Waals surface area contributed by atoms with E-state index in [1.807, 2.05) is 0 Å². The number of Topliss-reactive ketones (excluding diaryl/α,β-unsaturated/α-hetero) is 1. The van der Waals surface area contributed by atoms with Gasteiger partial charge in [-0.1, -0.05) is 12.7 Å². The number of hydrogen-bond donors (Lipinski definition) is 1. The second kappa shape index (κ2) is 4.74. The lowest BCUT2D eigenvalue weighted by atomic mass is 10.0. The molecular formula is C13H13N3O. The van der Waals surface area contributed by atoms with E-state index in [0.717, 1.165) is 11.3 Å². The molecular weight excluding hydrogens is 214 g/mol. The number of carbonyl (C=O) groups is 1. The summed E-state index contributed by atoms with van der Waals surface area (Å²) in [5, 5.41) is 3.12. The van der Waals surface area contributed by atoms with E-state index in [4.69, 9.17) is 0 Å². The molecule has 17 heavy (non-hydrogen) atoms. The lowest BCUT2D eigenvalue weighted by Crippen LogP contribution is -2.05. The molecule has 0 radical (unpaired) electrons. The van der Waals surface area contributed by atoms with Crippen molar-refractivity contribution in [3.8, 4) is 0 Å². The molecule has 0 amide bonds. The molecule has 1 aromatic rings. The molecule has 0 fully saturated rings. The molecule has 0 spiro atoms. The SMILES string of the molecule is C=CC1=C(C=NC)Nc2ncccc2C(=O)C1. The van der Waals surface area contributed by atoms with Gasteiger partial charge in [-0.15, -0.1) is 0 Å². The Bertz CT molecular complexity index is 529. The highest BCUT2D eigenvalue weighted by molar-refractivity contribution is 6.05. The van der Waals surface area contributed by atoms with Crippen LogP contribution < -0.4 is 5.32 Å². The summed E-state index contributed by atoms with van der Waals surface area (Å²) in [4.78, 5) is 20.2. The highest BCUT2D eigenvalue weighted by Gasteiger charge is 2.19. The Morgan fingerprint density at radius 2 is 2.41 bits per heavy atom. The van der Waals surface area contributed by atoms with Gasteiger partial charge < -0.3 is 5.32 Å². The fraction of sp³-hybridized carbons (Fsp3) is 0.154. The molecule has 1 aliphatic heterocycles. The van der Waals surface area contributed by atoms with Gasteiger partial charge in [0.05, 0.1) is 11.3 Å². The zero-order chi connectivity index (χ0) is 12.3. The third-order valence-corrected chi connectivity index (χ3v) is 2.56. The number of ketones is 1. The third kappa shape index (κ3) is 2.15. The van der Waals surface area contributed by atoms with Gasteiger partial charge in [0.1, 0.15) is 5.82 Å². The van der Waals surface area contributed by atoms with Crippen LogP contribution in [0.4, 0.5) is 5.82 Å². The number of fused-ring (bicyclic) bond motifs is 1. The van der Waals surface area contributed by atoms with E-state index in [-0.39, 0.29) is 5.78 Å². The van der Waals surface area contributed by atoms with Crippen LogP contribution in [-0.4, -0.2) is 24.0 Å². The lowest BCUT2D eigenvalue weighted by molar-refractivity contribution is 0.0995. The van der Waals surface area contributed by atoms with Gasteiger partial charge in [0, 0.05) is 25.9 Å². The Morgan fingerprint density at radius 3 is 3.12 bits per heavy atom. The molecule has 0 atom stereocenters. The normalized spacial score (nSPS) is 15.5. The van der Waals surface area contributed by atoms with Gasteiger partial charge in [-0.25, -0.2) is 4.98 Å². The van der Waals surface area contributed by atoms with Crippen LogP contribution in [0.1, 0.15) is 16.8 Å².